The van der Waals surface area contributed by atoms with Crippen LogP contribution in [0.4, 0.5) is 0 Å². The van der Waals surface area contributed by atoms with Gasteiger partial charge in [0.05, 0.1) is 16.7 Å². The Kier molecular flexibility index (Phi) is 7.65. The van der Waals surface area contributed by atoms with E-state index in [0.717, 1.165) is 67.2 Å². The molecule has 5 heteroatoms. The lowest BCUT2D eigenvalue weighted by Gasteiger charge is -2.35. The summed E-state index contributed by atoms with van der Waals surface area (Å²) >= 11 is 0. The fourth-order valence-electron chi connectivity index (χ4n) is 9.99. The minimum absolute atomic E-state index is 0.00129. The van der Waals surface area contributed by atoms with Crippen molar-refractivity contribution in [3.8, 4) is 39.8 Å². The number of ether oxygens (including phenoxy) is 2. The van der Waals surface area contributed by atoms with Crippen molar-refractivity contribution in [3.05, 3.63) is 218 Å². The zero-order valence-corrected chi connectivity index (χ0v) is 33.1. The van der Waals surface area contributed by atoms with E-state index in [4.69, 9.17) is 9.47 Å². The van der Waals surface area contributed by atoms with Gasteiger partial charge in [-0.05, 0) is 79.7 Å². The lowest BCUT2D eigenvalue weighted by Crippen LogP contribution is -2.74. The van der Waals surface area contributed by atoms with Gasteiger partial charge in [0.15, 0.2) is 8.07 Å². The van der Waals surface area contributed by atoms with Gasteiger partial charge in [-0.1, -0.05) is 176 Å². The number of rotatable bonds is 6. The Bertz CT molecular complexity index is 3010. The van der Waals surface area contributed by atoms with Gasteiger partial charge in [-0.25, -0.2) is 0 Å². The number of nitrogens with zero attached hydrogens (tertiary/aromatic N) is 1. The largest absolute Gasteiger partial charge is 0.458 e. The molecular formula is C54H36BNO2Si. The molecular weight excluding hydrogens is 733 g/mol. The number of para-hydroxylation sites is 4. The minimum atomic E-state index is -2.90. The van der Waals surface area contributed by atoms with Crippen LogP contribution in [0.5, 0.6) is 23.0 Å². The van der Waals surface area contributed by atoms with Gasteiger partial charge in [-0.15, -0.1) is 0 Å². The third-order valence-corrected chi connectivity index (χ3v) is 17.2. The lowest BCUT2D eigenvalue weighted by atomic mass is 9.35. The summed E-state index contributed by atoms with van der Waals surface area (Å²) < 4.78 is 16.2. The zero-order valence-electron chi connectivity index (χ0n) is 32.1. The first kappa shape index (κ1) is 33.8. The van der Waals surface area contributed by atoms with Crippen LogP contribution in [-0.2, 0) is 0 Å². The first-order chi connectivity index (χ1) is 29.3. The van der Waals surface area contributed by atoms with Crippen molar-refractivity contribution >= 4 is 73.7 Å². The molecule has 0 saturated carbocycles. The van der Waals surface area contributed by atoms with Crippen LogP contribution < -0.4 is 46.6 Å². The fraction of sp³-hybridized carbons (Fsp3) is 0. The van der Waals surface area contributed by atoms with Gasteiger partial charge >= 0.3 is 0 Å². The Labute approximate surface area is 344 Å². The van der Waals surface area contributed by atoms with E-state index >= 15 is 0 Å². The number of fused-ring (bicyclic) bond motifs is 7. The number of hydrogen-bond acceptors (Lipinski definition) is 2. The predicted molar refractivity (Wildman–Crippen MR) is 248 cm³/mol. The summed E-state index contributed by atoms with van der Waals surface area (Å²) in [6.07, 6.45) is 0. The first-order valence-electron chi connectivity index (χ1n) is 20.3. The molecule has 3 nitrogen and oxygen atoms in total. The maximum absolute atomic E-state index is 6.90. The van der Waals surface area contributed by atoms with E-state index in [9.17, 15) is 0 Å². The molecule has 0 N–H and O–H groups in total. The molecule has 0 unspecified atom stereocenters. The highest BCUT2D eigenvalue weighted by atomic mass is 28.3. The van der Waals surface area contributed by atoms with Gasteiger partial charge in [0.2, 0.25) is 0 Å². The molecule has 276 valence electrons. The molecule has 0 bridgehead atoms. The summed E-state index contributed by atoms with van der Waals surface area (Å²) in [6.45, 7) is 0.00129. The molecule has 10 aromatic rings. The van der Waals surface area contributed by atoms with Crippen molar-refractivity contribution in [2.75, 3.05) is 0 Å². The summed E-state index contributed by atoms with van der Waals surface area (Å²) in [5.41, 5.74) is 8.94. The Morgan fingerprint density at radius 3 is 1.32 bits per heavy atom. The molecule has 2 aliphatic heterocycles. The highest BCUT2D eigenvalue weighted by Gasteiger charge is 2.43. The van der Waals surface area contributed by atoms with E-state index in [0.29, 0.717) is 0 Å². The Morgan fingerprint density at radius 2 is 0.814 bits per heavy atom. The third-order valence-electron chi connectivity index (χ3n) is 12.5. The van der Waals surface area contributed by atoms with Crippen molar-refractivity contribution in [1.82, 2.24) is 4.57 Å². The van der Waals surface area contributed by atoms with E-state index in [2.05, 4.69) is 223 Å². The Hall–Kier alpha value is -7.34. The van der Waals surface area contributed by atoms with Gasteiger partial charge < -0.3 is 14.0 Å². The van der Waals surface area contributed by atoms with Crippen LogP contribution in [0.3, 0.4) is 0 Å². The molecule has 0 atom stereocenters. The maximum Gasteiger partial charge on any atom is 0.260 e. The summed E-state index contributed by atoms with van der Waals surface area (Å²) in [5, 5.41) is 7.73. The average molecular weight is 770 g/mol. The Morgan fingerprint density at radius 1 is 0.373 bits per heavy atom. The highest BCUT2D eigenvalue weighted by molar-refractivity contribution is 7.20. The molecule has 0 fully saturated rings. The van der Waals surface area contributed by atoms with Crippen LogP contribution in [-0.4, -0.2) is 19.4 Å². The molecule has 1 aromatic heterocycles. The SMILES string of the molecule is c1ccc([Si](c2ccccc2)(c2ccccc2)c2ccc(-n3c4ccccc4c4ccccc43)c(-c3cc4c5c(c3)Oc3ccccc3B5c3ccccc3O4)c2)cc1. The third kappa shape index (κ3) is 5.08. The molecule has 0 radical (unpaired) electrons. The van der Waals surface area contributed by atoms with E-state index in [-0.39, 0.29) is 6.71 Å². The average Bonchev–Trinajstić information content (AvgIpc) is 3.64. The van der Waals surface area contributed by atoms with Crippen LogP contribution in [0.25, 0.3) is 38.6 Å². The van der Waals surface area contributed by atoms with Crippen LogP contribution in [0.15, 0.2) is 218 Å². The van der Waals surface area contributed by atoms with E-state index < -0.39 is 8.07 Å². The van der Waals surface area contributed by atoms with Crippen molar-refractivity contribution in [2.45, 2.75) is 0 Å². The monoisotopic (exact) mass is 769 g/mol. The second-order valence-electron chi connectivity index (χ2n) is 15.5. The van der Waals surface area contributed by atoms with Gasteiger partial charge in [0, 0.05) is 21.8 Å². The molecule has 0 aliphatic carbocycles. The fourth-order valence-corrected chi connectivity index (χ4v) is 14.8. The molecule has 0 amide bonds. The minimum Gasteiger partial charge on any atom is -0.458 e. The molecule has 9 aromatic carbocycles. The molecule has 2 aliphatic rings. The Balaban J connectivity index is 1.19. The second kappa shape index (κ2) is 13.4. The number of hydrogen-bond donors (Lipinski definition) is 0. The summed E-state index contributed by atoms with van der Waals surface area (Å²) in [7, 11) is -2.90. The molecule has 12 rings (SSSR count). The van der Waals surface area contributed by atoms with E-state index in [1.165, 1.54) is 31.5 Å². The van der Waals surface area contributed by atoms with E-state index in [1.54, 1.807) is 0 Å². The van der Waals surface area contributed by atoms with Crippen LogP contribution in [0.1, 0.15) is 0 Å². The van der Waals surface area contributed by atoms with Crippen molar-refractivity contribution in [1.29, 1.82) is 0 Å². The van der Waals surface area contributed by atoms with Crippen molar-refractivity contribution in [3.63, 3.8) is 0 Å². The van der Waals surface area contributed by atoms with Gasteiger partial charge in [-0.2, -0.15) is 0 Å². The van der Waals surface area contributed by atoms with Crippen LogP contribution in [0, 0.1) is 0 Å². The van der Waals surface area contributed by atoms with Gasteiger partial charge in [0.1, 0.15) is 23.0 Å². The summed E-state index contributed by atoms with van der Waals surface area (Å²) in [4.78, 5) is 0. The van der Waals surface area contributed by atoms with Crippen molar-refractivity contribution in [2.24, 2.45) is 0 Å². The van der Waals surface area contributed by atoms with E-state index in [1.807, 2.05) is 0 Å². The topological polar surface area (TPSA) is 23.4 Å². The van der Waals surface area contributed by atoms with Crippen LogP contribution >= 0.6 is 0 Å². The zero-order chi connectivity index (χ0) is 38.9. The number of benzene rings is 9. The van der Waals surface area contributed by atoms with Crippen molar-refractivity contribution < 1.29 is 9.47 Å². The second-order valence-corrected chi connectivity index (χ2v) is 19.4. The molecule has 0 saturated heterocycles. The number of aromatic nitrogens is 1. The van der Waals surface area contributed by atoms with Gasteiger partial charge in [-0.3, -0.25) is 0 Å². The molecule has 3 heterocycles. The lowest BCUT2D eigenvalue weighted by molar-refractivity contribution is 0.465. The smallest absolute Gasteiger partial charge is 0.260 e. The summed E-state index contributed by atoms with van der Waals surface area (Å²) in [5.74, 6) is 3.41. The van der Waals surface area contributed by atoms with Crippen LogP contribution in [0.2, 0.25) is 0 Å². The first-order valence-corrected chi connectivity index (χ1v) is 22.3. The van der Waals surface area contributed by atoms with Gasteiger partial charge in [0.25, 0.3) is 6.71 Å². The predicted octanol–water partition coefficient (Wildman–Crippen LogP) is 8.56. The molecule has 59 heavy (non-hydrogen) atoms. The maximum atomic E-state index is 6.90. The highest BCUT2D eigenvalue weighted by Crippen LogP contribution is 2.41. The standard InChI is InChI=1S/C54H36BNO2Si/c1-4-18-38(19-5-1)59(39-20-6-2-7-21-39,40-22-8-3-9-23-40)41-32-33-49(56-47-28-14-10-24-42(47)43-25-11-15-29-48(43)56)44(36-41)37-34-52-54-53(35-37)58-51-31-17-13-27-46(51)55(54)45-26-12-16-30-50(45)57-52/h1-36H. The quantitative estimate of drug-likeness (QED) is 0.125. The summed E-state index contributed by atoms with van der Waals surface area (Å²) in [6, 6.07) is 79.6. The molecule has 0 spiro atoms. The normalized spacial score (nSPS) is 12.6.